The molecule has 3 amide bonds. The molecule has 0 saturated carbocycles. The highest BCUT2D eigenvalue weighted by atomic mass is 32.2. The molecule has 2 fully saturated rings. The van der Waals surface area contributed by atoms with Crippen LogP contribution in [0.3, 0.4) is 0 Å². The third kappa shape index (κ3) is 4.67. The lowest BCUT2D eigenvalue weighted by Gasteiger charge is -2.08. The SMILES string of the molecule is O=C1C[C@H](C(=O)Nc2ccc3nc(SCC(=O)N[C@H]4CCOC4=O)sc3c2)CN1. The van der Waals surface area contributed by atoms with E-state index in [9.17, 15) is 19.2 Å². The van der Waals surface area contributed by atoms with E-state index in [-0.39, 0.29) is 35.8 Å². The average Bonchev–Trinajstić information content (AvgIpc) is 3.40. The van der Waals surface area contributed by atoms with Crippen LogP contribution in [0, 0.1) is 5.92 Å². The summed E-state index contributed by atoms with van der Waals surface area (Å²) < 4.78 is 6.43. The predicted octanol–water partition coefficient (Wildman–Crippen LogP) is 0.895. The third-order valence-corrected chi connectivity index (χ3v) is 6.74. The van der Waals surface area contributed by atoms with Crippen molar-refractivity contribution in [2.75, 3.05) is 24.2 Å². The van der Waals surface area contributed by atoms with Gasteiger partial charge in [-0.1, -0.05) is 11.8 Å². The number of thiazole rings is 1. The summed E-state index contributed by atoms with van der Waals surface area (Å²) in [5, 5.41) is 8.14. The molecule has 29 heavy (non-hydrogen) atoms. The topological polar surface area (TPSA) is 126 Å². The fourth-order valence-electron chi connectivity index (χ4n) is 3.07. The van der Waals surface area contributed by atoms with E-state index in [4.69, 9.17) is 4.74 Å². The first kappa shape index (κ1) is 19.6. The molecule has 2 aromatic rings. The normalized spacial score (nSPS) is 21.1. The molecule has 0 unspecified atom stereocenters. The van der Waals surface area contributed by atoms with Gasteiger partial charge in [0.25, 0.3) is 0 Å². The highest BCUT2D eigenvalue weighted by molar-refractivity contribution is 8.01. The fraction of sp³-hybridized carbons (Fsp3) is 0.389. The van der Waals surface area contributed by atoms with Gasteiger partial charge in [-0.3, -0.25) is 14.4 Å². The minimum atomic E-state index is -0.560. The van der Waals surface area contributed by atoms with Gasteiger partial charge in [0.15, 0.2) is 4.34 Å². The van der Waals surface area contributed by atoms with Crippen molar-refractivity contribution in [3.63, 3.8) is 0 Å². The van der Waals surface area contributed by atoms with Crippen molar-refractivity contribution in [3.8, 4) is 0 Å². The van der Waals surface area contributed by atoms with Crippen LogP contribution in [0.1, 0.15) is 12.8 Å². The molecule has 2 aliphatic heterocycles. The number of nitrogens with zero attached hydrogens (tertiary/aromatic N) is 1. The molecule has 0 spiro atoms. The summed E-state index contributed by atoms with van der Waals surface area (Å²) in [6, 6.07) is 4.83. The Balaban J connectivity index is 1.34. The van der Waals surface area contributed by atoms with Crippen molar-refractivity contribution in [2.45, 2.75) is 23.2 Å². The van der Waals surface area contributed by atoms with Gasteiger partial charge in [-0.2, -0.15) is 0 Å². The van der Waals surface area contributed by atoms with E-state index in [0.717, 1.165) is 14.6 Å². The molecule has 0 aliphatic carbocycles. The van der Waals surface area contributed by atoms with Gasteiger partial charge in [-0.25, -0.2) is 9.78 Å². The van der Waals surface area contributed by atoms with Gasteiger partial charge in [-0.05, 0) is 18.2 Å². The van der Waals surface area contributed by atoms with E-state index in [0.29, 0.717) is 25.3 Å². The Kier molecular flexibility index (Phi) is 5.67. The van der Waals surface area contributed by atoms with Gasteiger partial charge in [0.1, 0.15) is 6.04 Å². The molecule has 4 rings (SSSR count). The smallest absolute Gasteiger partial charge is 0.328 e. The van der Waals surface area contributed by atoms with Gasteiger partial charge in [0.2, 0.25) is 17.7 Å². The zero-order chi connectivity index (χ0) is 20.4. The van der Waals surface area contributed by atoms with E-state index in [1.807, 2.05) is 6.07 Å². The second kappa shape index (κ2) is 8.37. The molecular formula is C18H18N4O5S2. The van der Waals surface area contributed by atoms with E-state index in [2.05, 4.69) is 20.9 Å². The number of fused-ring (bicyclic) bond motifs is 1. The zero-order valence-electron chi connectivity index (χ0n) is 15.2. The van der Waals surface area contributed by atoms with E-state index in [1.165, 1.54) is 23.1 Å². The maximum atomic E-state index is 12.2. The van der Waals surface area contributed by atoms with Crippen molar-refractivity contribution >= 4 is 62.7 Å². The largest absolute Gasteiger partial charge is 0.464 e. The highest BCUT2D eigenvalue weighted by Crippen LogP contribution is 2.31. The zero-order valence-corrected chi connectivity index (χ0v) is 16.9. The van der Waals surface area contributed by atoms with Gasteiger partial charge >= 0.3 is 5.97 Å². The number of aromatic nitrogens is 1. The number of anilines is 1. The Bertz CT molecular complexity index is 992. The van der Waals surface area contributed by atoms with Crippen LogP contribution in [0.25, 0.3) is 10.2 Å². The van der Waals surface area contributed by atoms with Crippen molar-refractivity contribution in [2.24, 2.45) is 5.92 Å². The van der Waals surface area contributed by atoms with Crippen LogP contribution in [0.2, 0.25) is 0 Å². The summed E-state index contributed by atoms with van der Waals surface area (Å²) in [5.41, 5.74) is 1.41. The van der Waals surface area contributed by atoms with Crippen LogP contribution < -0.4 is 16.0 Å². The Morgan fingerprint density at radius 2 is 2.21 bits per heavy atom. The molecule has 11 heteroatoms. The Labute approximate surface area is 174 Å². The highest BCUT2D eigenvalue weighted by Gasteiger charge is 2.28. The lowest BCUT2D eigenvalue weighted by atomic mass is 10.1. The van der Waals surface area contributed by atoms with Gasteiger partial charge in [0.05, 0.1) is 28.5 Å². The molecule has 0 radical (unpaired) electrons. The van der Waals surface area contributed by atoms with E-state index < -0.39 is 12.0 Å². The number of hydrogen-bond donors (Lipinski definition) is 3. The molecule has 2 saturated heterocycles. The third-order valence-electron chi connectivity index (χ3n) is 4.58. The minimum absolute atomic E-state index is 0.112. The first-order valence-corrected chi connectivity index (χ1v) is 10.8. The molecule has 1 aromatic carbocycles. The quantitative estimate of drug-likeness (QED) is 0.455. The van der Waals surface area contributed by atoms with Crippen LogP contribution >= 0.6 is 23.1 Å². The van der Waals surface area contributed by atoms with Gasteiger partial charge in [-0.15, -0.1) is 11.3 Å². The number of nitrogens with one attached hydrogen (secondary N) is 3. The standard InChI is InChI=1S/C18H18N4O5S2/c23-14-5-9(7-19-14)16(25)20-10-1-2-11-13(6-10)29-18(22-11)28-8-15(24)21-12-3-4-27-17(12)26/h1-2,6,9,12H,3-5,7-8H2,(H,19,23)(H,20,25)(H,21,24)/t9-,12-/m0/s1. The predicted molar refractivity (Wildman–Crippen MR) is 108 cm³/mol. The summed E-state index contributed by atoms with van der Waals surface area (Å²) in [6.45, 7) is 0.691. The molecule has 0 bridgehead atoms. The number of carbonyl (C=O) groups is 4. The summed E-state index contributed by atoms with van der Waals surface area (Å²) in [6.07, 6.45) is 0.700. The molecular weight excluding hydrogens is 416 g/mol. The lowest BCUT2D eigenvalue weighted by Crippen LogP contribution is -2.38. The number of rotatable bonds is 6. The number of benzene rings is 1. The van der Waals surface area contributed by atoms with Crippen LogP contribution in [-0.2, 0) is 23.9 Å². The number of thioether (sulfide) groups is 1. The first-order chi connectivity index (χ1) is 14.0. The summed E-state index contributed by atoms with van der Waals surface area (Å²) in [4.78, 5) is 51.4. The summed E-state index contributed by atoms with van der Waals surface area (Å²) in [7, 11) is 0. The summed E-state index contributed by atoms with van der Waals surface area (Å²) in [5.74, 6) is -1.15. The Morgan fingerprint density at radius 1 is 1.34 bits per heavy atom. The molecule has 9 nitrogen and oxygen atoms in total. The average molecular weight is 434 g/mol. The molecule has 3 heterocycles. The Morgan fingerprint density at radius 3 is 2.93 bits per heavy atom. The maximum Gasteiger partial charge on any atom is 0.328 e. The maximum absolute atomic E-state index is 12.2. The fourth-order valence-corrected chi connectivity index (χ4v) is 4.99. The van der Waals surface area contributed by atoms with E-state index >= 15 is 0 Å². The number of hydrogen-bond acceptors (Lipinski definition) is 8. The second-order valence-electron chi connectivity index (χ2n) is 6.72. The lowest BCUT2D eigenvalue weighted by molar-refractivity contribution is -0.141. The molecule has 1 aromatic heterocycles. The second-order valence-corrected chi connectivity index (χ2v) is 8.97. The van der Waals surface area contributed by atoms with Crippen LogP contribution in [0.5, 0.6) is 0 Å². The molecule has 3 N–H and O–H groups in total. The Hall–Kier alpha value is -2.66. The van der Waals surface area contributed by atoms with Crippen LogP contribution in [0.4, 0.5) is 5.69 Å². The van der Waals surface area contributed by atoms with Crippen LogP contribution in [0.15, 0.2) is 22.5 Å². The minimum Gasteiger partial charge on any atom is -0.464 e. The van der Waals surface area contributed by atoms with E-state index in [1.54, 1.807) is 12.1 Å². The van der Waals surface area contributed by atoms with Gasteiger partial charge in [0, 0.05) is 25.1 Å². The number of ether oxygens (including phenoxy) is 1. The number of amides is 3. The molecule has 2 aliphatic rings. The summed E-state index contributed by atoms with van der Waals surface area (Å²) >= 11 is 2.71. The molecule has 2 atom stereocenters. The van der Waals surface area contributed by atoms with Crippen molar-refractivity contribution in [1.29, 1.82) is 0 Å². The molecule has 152 valence electrons. The van der Waals surface area contributed by atoms with Crippen molar-refractivity contribution in [1.82, 2.24) is 15.6 Å². The number of carbonyl (C=O) groups excluding carboxylic acids is 4. The number of cyclic esters (lactones) is 1. The number of esters is 1. The van der Waals surface area contributed by atoms with Gasteiger partial charge < -0.3 is 20.7 Å². The van der Waals surface area contributed by atoms with Crippen LogP contribution in [-0.4, -0.2) is 53.6 Å². The van der Waals surface area contributed by atoms with Crippen molar-refractivity contribution in [3.05, 3.63) is 18.2 Å². The first-order valence-electron chi connectivity index (χ1n) is 9.05. The van der Waals surface area contributed by atoms with Crippen molar-refractivity contribution < 1.29 is 23.9 Å². The monoisotopic (exact) mass is 434 g/mol.